The minimum atomic E-state index is -0.299. The molecule has 6 aromatic rings. The molecule has 2 bridgehead atoms. The minimum Gasteiger partial charge on any atom is -0.494 e. The van der Waals surface area contributed by atoms with Gasteiger partial charge in [0.2, 0.25) is 11.8 Å². The van der Waals surface area contributed by atoms with E-state index in [9.17, 15) is 20.4 Å². The van der Waals surface area contributed by atoms with Crippen molar-refractivity contribution in [1.82, 2.24) is 9.13 Å². The first-order valence-electron chi connectivity index (χ1n) is 16.0. The predicted molar refractivity (Wildman–Crippen MR) is 182 cm³/mol. The molecule has 0 radical (unpaired) electrons. The van der Waals surface area contributed by atoms with Crippen LogP contribution in [0.5, 0.6) is 46.5 Å². The summed E-state index contributed by atoms with van der Waals surface area (Å²) >= 11 is 0. The Morgan fingerprint density at radius 1 is 0.542 bits per heavy atom. The van der Waals surface area contributed by atoms with Gasteiger partial charge in [-0.05, 0) is 85.1 Å². The lowest BCUT2D eigenvalue weighted by molar-refractivity contribution is 0.377. The molecule has 48 heavy (non-hydrogen) atoms. The summed E-state index contributed by atoms with van der Waals surface area (Å²) in [6.07, 6.45) is 0.595. The molecule has 2 heterocycles. The van der Waals surface area contributed by atoms with Crippen molar-refractivity contribution in [1.29, 1.82) is 0 Å². The van der Waals surface area contributed by atoms with Crippen LogP contribution in [0.15, 0.2) is 97.1 Å². The van der Waals surface area contributed by atoms with Gasteiger partial charge < -0.3 is 29.9 Å². The quantitative estimate of drug-likeness (QED) is 0.139. The molecule has 0 amide bonds. The Morgan fingerprint density at radius 2 is 0.896 bits per heavy atom. The maximum absolute atomic E-state index is 11.3. The van der Waals surface area contributed by atoms with Gasteiger partial charge in [-0.1, -0.05) is 55.8 Å². The van der Waals surface area contributed by atoms with E-state index in [-0.39, 0.29) is 40.8 Å². The number of aromatic nitrogens is 2. The van der Waals surface area contributed by atoms with Gasteiger partial charge >= 0.3 is 0 Å². The highest BCUT2D eigenvalue weighted by Gasteiger charge is 2.52. The highest BCUT2D eigenvalue weighted by Crippen LogP contribution is 2.66. The van der Waals surface area contributed by atoms with Crippen LogP contribution in [0.4, 0.5) is 0 Å². The molecule has 242 valence electrons. The summed E-state index contributed by atoms with van der Waals surface area (Å²) in [5.74, 6) is 2.14. The second-order valence-electron chi connectivity index (χ2n) is 13.4. The molecule has 8 rings (SSSR count). The zero-order valence-electron chi connectivity index (χ0n) is 27.1. The fourth-order valence-electron chi connectivity index (χ4n) is 7.49. The largest absolute Gasteiger partial charge is 0.494 e. The van der Waals surface area contributed by atoms with Crippen molar-refractivity contribution in [3.05, 3.63) is 136 Å². The van der Waals surface area contributed by atoms with Crippen LogP contribution in [0.2, 0.25) is 0 Å². The van der Waals surface area contributed by atoms with Crippen LogP contribution >= 0.6 is 0 Å². The molecule has 0 saturated heterocycles. The average Bonchev–Trinajstić information content (AvgIpc) is 3.79. The second-order valence-corrected chi connectivity index (χ2v) is 13.4. The number of fused-ring (bicyclic) bond motifs is 8. The van der Waals surface area contributed by atoms with Gasteiger partial charge in [-0.25, -0.2) is 0 Å². The summed E-state index contributed by atoms with van der Waals surface area (Å²) in [5, 5.41) is 43.8. The molecule has 2 aromatic heterocycles. The summed E-state index contributed by atoms with van der Waals surface area (Å²) in [6.45, 7) is 6.43. The van der Waals surface area contributed by atoms with E-state index in [1.54, 1.807) is 31.3 Å². The maximum Gasteiger partial charge on any atom is 0.202 e. The number of aromatic hydroxyl groups is 4. The third-order valence-electron chi connectivity index (χ3n) is 10.2. The van der Waals surface area contributed by atoms with Crippen molar-refractivity contribution in [2.45, 2.75) is 44.4 Å². The third-order valence-corrected chi connectivity index (χ3v) is 10.2. The number of hydrogen-bond acceptors (Lipinski definition) is 6. The molecule has 2 aliphatic rings. The number of nitrogens with zero attached hydrogens (tertiary/aromatic N) is 2. The van der Waals surface area contributed by atoms with Crippen LogP contribution in [0.25, 0.3) is 5.69 Å². The molecule has 0 saturated carbocycles. The monoisotopic (exact) mass is 640 g/mol. The summed E-state index contributed by atoms with van der Waals surface area (Å²) < 4.78 is 14.9. The van der Waals surface area contributed by atoms with Gasteiger partial charge in [0.1, 0.15) is 23.0 Å². The lowest BCUT2D eigenvalue weighted by Crippen LogP contribution is -2.18. The first kappa shape index (κ1) is 29.6. The smallest absolute Gasteiger partial charge is 0.202 e. The van der Waals surface area contributed by atoms with E-state index < -0.39 is 0 Å². The summed E-state index contributed by atoms with van der Waals surface area (Å²) in [5.41, 5.74) is 6.26. The van der Waals surface area contributed by atoms with Crippen molar-refractivity contribution in [3.8, 4) is 52.2 Å². The van der Waals surface area contributed by atoms with E-state index >= 15 is 0 Å². The van der Waals surface area contributed by atoms with Crippen LogP contribution in [0.1, 0.15) is 71.0 Å². The maximum atomic E-state index is 11.3. The Balaban J connectivity index is 0.970. The van der Waals surface area contributed by atoms with Gasteiger partial charge in [-0.15, -0.1) is 0 Å². The number of aryl methyl sites for hydroxylation is 1. The Labute approximate surface area is 278 Å². The van der Waals surface area contributed by atoms with Gasteiger partial charge in [0.05, 0.1) is 5.69 Å². The van der Waals surface area contributed by atoms with Gasteiger partial charge in [0.15, 0.2) is 11.8 Å². The molecule has 4 aromatic carbocycles. The van der Waals surface area contributed by atoms with Gasteiger partial charge in [0, 0.05) is 46.6 Å². The highest BCUT2D eigenvalue weighted by atomic mass is 16.5. The molecule has 4 N–H and O–H groups in total. The number of benzene rings is 4. The third kappa shape index (κ3) is 4.43. The molecule has 8 heteroatoms. The molecular formula is C40H36N2O6. The first-order chi connectivity index (χ1) is 23.0. The van der Waals surface area contributed by atoms with Crippen LogP contribution in [-0.2, 0) is 12.5 Å². The molecule has 0 fully saturated rings. The van der Waals surface area contributed by atoms with Crippen LogP contribution in [-0.4, -0.2) is 29.6 Å². The second kappa shape index (κ2) is 10.6. The molecule has 2 atom stereocenters. The fourth-order valence-corrected chi connectivity index (χ4v) is 7.49. The number of rotatable bonds is 7. The van der Waals surface area contributed by atoms with Gasteiger partial charge in [-0.3, -0.25) is 9.13 Å². The van der Waals surface area contributed by atoms with E-state index in [4.69, 9.17) is 9.47 Å². The Hall–Kier alpha value is -5.76. The minimum absolute atomic E-state index is 0.0104. The van der Waals surface area contributed by atoms with E-state index in [1.165, 1.54) is 14.7 Å². The van der Waals surface area contributed by atoms with Gasteiger partial charge in [0.25, 0.3) is 0 Å². The Morgan fingerprint density at radius 3 is 1.31 bits per heavy atom. The molecule has 2 unspecified atom stereocenters. The topological polar surface area (TPSA) is 109 Å². The normalized spacial score (nSPS) is 16.2. The van der Waals surface area contributed by atoms with Gasteiger partial charge in [-0.2, -0.15) is 0 Å². The fraction of sp³-hybridized carbons (Fsp3) is 0.200. The first-order valence-corrected chi connectivity index (χ1v) is 16.0. The zero-order valence-corrected chi connectivity index (χ0v) is 27.1. The van der Waals surface area contributed by atoms with Crippen LogP contribution < -0.4 is 9.47 Å². The number of ether oxygens (including phenoxy) is 2. The van der Waals surface area contributed by atoms with E-state index in [0.29, 0.717) is 45.9 Å². The van der Waals surface area contributed by atoms with Crippen molar-refractivity contribution < 1.29 is 29.9 Å². The molecular weight excluding hydrogens is 604 g/mol. The van der Waals surface area contributed by atoms with Crippen molar-refractivity contribution in [2.75, 3.05) is 0 Å². The summed E-state index contributed by atoms with van der Waals surface area (Å²) in [7, 11) is 1.59. The van der Waals surface area contributed by atoms with Crippen LogP contribution in [0, 0.1) is 6.92 Å². The van der Waals surface area contributed by atoms with Crippen molar-refractivity contribution in [3.63, 3.8) is 0 Å². The number of hydrogen-bond donors (Lipinski definition) is 4. The molecule has 2 aliphatic carbocycles. The Kier molecular flexibility index (Phi) is 6.56. The Bertz CT molecular complexity index is 2120. The van der Waals surface area contributed by atoms with Crippen molar-refractivity contribution in [2.24, 2.45) is 7.05 Å². The summed E-state index contributed by atoms with van der Waals surface area (Å²) in [4.78, 5) is 0. The highest BCUT2D eigenvalue weighted by molar-refractivity contribution is 5.71. The van der Waals surface area contributed by atoms with E-state index in [2.05, 4.69) is 45.0 Å². The predicted octanol–water partition coefficient (Wildman–Crippen LogP) is 8.84. The SMILES string of the molecule is Cc1ccc(Oc2ccc(C(C)(C)c3ccc(Oc4ccc(-n5c(O)c6c(c5O)C5CC6c6c5c(O)n(C)c6O)cc4)cc3)cc2)cc1. The van der Waals surface area contributed by atoms with Crippen molar-refractivity contribution >= 4 is 0 Å². The average molecular weight is 641 g/mol. The summed E-state index contributed by atoms with van der Waals surface area (Å²) in [6, 6.07) is 31.4. The lowest BCUT2D eigenvalue weighted by Gasteiger charge is -2.26. The van der Waals surface area contributed by atoms with E-state index in [0.717, 1.165) is 22.6 Å². The molecule has 8 nitrogen and oxygen atoms in total. The molecule has 0 spiro atoms. The van der Waals surface area contributed by atoms with E-state index in [1.807, 2.05) is 48.5 Å². The lowest BCUT2D eigenvalue weighted by atomic mass is 9.78. The zero-order chi connectivity index (χ0) is 33.5. The van der Waals surface area contributed by atoms with Crippen LogP contribution in [0.3, 0.4) is 0 Å². The molecule has 0 aliphatic heterocycles. The standard InChI is InChI=1S/C40H36N2O6/c1-22-5-13-26(14-6-22)47-27-15-7-23(8-16-27)40(2,3)24-9-17-28(18-10-24)48-29-19-11-25(12-20-29)42-38(45)34-30-21-31(35(34)39(42)46)33-32(30)36(43)41(4)37(33)44/h5-20,30-31,43-46H,21H2,1-4H3.